The highest BCUT2D eigenvalue weighted by atomic mass is 19.3. The summed E-state index contributed by atoms with van der Waals surface area (Å²) < 4.78 is 53.8. The number of halogens is 4. The number of carboxylic acids is 1. The zero-order valence-corrected chi connectivity index (χ0v) is 12.5. The number of anilines is 1. The number of pyridine rings is 1. The van der Waals surface area contributed by atoms with E-state index in [1.807, 2.05) is 0 Å². The van der Waals surface area contributed by atoms with Crippen LogP contribution in [-0.2, 0) is 4.79 Å². The number of alkyl halides is 4. The van der Waals surface area contributed by atoms with E-state index in [0.717, 1.165) is 17.2 Å². The van der Waals surface area contributed by atoms with Crippen molar-refractivity contribution >= 4 is 17.7 Å². The first-order valence-corrected chi connectivity index (χ1v) is 6.60. The highest BCUT2D eigenvalue weighted by Crippen LogP contribution is 2.24. The van der Waals surface area contributed by atoms with Crippen molar-refractivity contribution in [3.63, 3.8) is 0 Å². The highest BCUT2D eigenvalue weighted by molar-refractivity contribution is 5.89. The van der Waals surface area contributed by atoms with Crippen LogP contribution in [0.2, 0.25) is 0 Å². The smallest absolute Gasteiger partial charge is 0.340 e. The predicted octanol–water partition coefficient (Wildman–Crippen LogP) is 2.30. The van der Waals surface area contributed by atoms with Gasteiger partial charge >= 0.3 is 24.3 Å². The molecule has 1 aromatic heterocycles. The molecule has 7 nitrogen and oxygen atoms in total. The third kappa shape index (κ3) is 6.26. The van der Waals surface area contributed by atoms with Crippen molar-refractivity contribution in [2.45, 2.75) is 18.8 Å². The van der Waals surface area contributed by atoms with E-state index in [9.17, 15) is 27.2 Å². The molecular weight excluding hydrogens is 338 g/mol. The van der Waals surface area contributed by atoms with Crippen molar-refractivity contribution in [3.05, 3.63) is 18.3 Å². The fourth-order valence-corrected chi connectivity index (χ4v) is 1.36. The number of nitrogens with one attached hydrogen (secondary N) is 1. The lowest BCUT2D eigenvalue weighted by Gasteiger charge is -2.17. The van der Waals surface area contributed by atoms with Crippen LogP contribution in [0.25, 0.3) is 0 Å². The van der Waals surface area contributed by atoms with E-state index in [4.69, 9.17) is 5.11 Å². The summed E-state index contributed by atoms with van der Waals surface area (Å²) in [5.41, 5.74) is 0.190. The summed E-state index contributed by atoms with van der Waals surface area (Å²) >= 11 is 0. The van der Waals surface area contributed by atoms with Gasteiger partial charge in [-0.1, -0.05) is 0 Å². The standard InChI is InChI=1S/C13H15F4N3O4/c1-20(5-4-10(21)22)12(23)19-8-2-3-9(18-6-8)24-7-13(16,17)11(14)15/h2-3,6,11H,4-5,7H2,1H3,(H,19,23)(H,21,22). The number of rotatable bonds is 8. The third-order valence-corrected chi connectivity index (χ3v) is 2.73. The first kappa shape index (κ1) is 19.5. The molecule has 2 N–H and O–H groups in total. The number of carboxylic acid groups (broad SMARTS) is 1. The van der Waals surface area contributed by atoms with Gasteiger partial charge in [0.1, 0.15) is 0 Å². The van der Waals surface area contributed by atoms with Gasteiger partial charge in [-0.25, -0.2) is 18.6 Å². The molecule has 1 rings (SSSR count). The monoisotopic (exact) mass is 353 g/mol. The van der Waals surface area contributed by atoms with E-state index in [2.05, 4.69) is 15.0 Å². The molecule has 0 aliphatic heterocycles. The van der Waals surface area contributed by atoms with Crippen molar-refractivity contribution in [1.29, 1.82) is 0 Å². The summed E-state index contributed by atoms with van der Waals surface area (Å²) in [6, 6.07) is 1.79. The zero-order valence-electron chi connectivity index (χ0n) is 12.5. The van der Waals surface area contributed by atoms with Gasteiger partial charge in [-0.2, -0.15) is 8.78 Å². The van der Waals surface area contributed by atoms with Crippen molar-refractivity contribution in [2.75, 3.05) is 25.5 Å². The molecule has 0 saturated carbocycles. The number of hydrogen-bond acceptors (Lipinski definition) is 4. The number of aliphatic carboxylic acids is 1. The van der Waals surface area contributed by atoms with Crippen molar-refractivity contribution in [3.8, 4) is 5.88 Å². The molecule has 0 fully saturated rings. The predicted molar refractivity (Wildman–Crippen MR) is 74.6 cm³/mol. The Morgan fingerprint density at radius 3 is 2.58 bits per heavy atom. The maximum Gasteiger partial charge on any atom is 0.340 e. The molecule has 0 aliphatic rings. The summed E-state index contributed by atoms with van der Waals surface area (Å²) in [4.78, 5) is 26.9. The van der Waals surface area contributed by atoms with E-state index in [1.54, 1.807) is 0 Å². The number of ether oxygens (including phenoxy) is 1. The molecule has 2 amide bonds. The summed E-state index contributed by atoms with van der Waals surface area (Å²) in [5, 5.41) is 10.9. The summed E-state index contributed by atoms with van der Waals surface area (Å²) in [7, 11) is 1.38. The van der Waals surface area contributed by atoms with Gasteiger partial charge in [0.05, 0.1) is 18.3 Å². The Bertz CT molecular complexity index is 569. The summed E-state index contributed by atoms with van der Waals surface area (Å²) in [5.74, 6) is -5.66. The first-order valence-electron chi connectivity index (χ1n) is 6.60. The van der Waals surface area contributed by atoms with Crippen LogP contribution in [0.1, 0.15) is 6.42 Å². The van der Waals surface area contributed by atoms with Gasteiger partial charge in [0.25, 0.3) is 0 Å². The van der Waals surface area contributed by atoms with Gasteiger partial charge in [0, 0.05) is 19.7 Å². The average Bonchev–Trinajstić information content (AvgIpc) is 2.51. The molecular formula is C13H15F4N3O4. The fourth-order valence-electron chi connectivity index (χ4n) is 1.36. The number of hydrogen-bond donors (Lipinski definition) is 2. The lowest BCUT2D eigenvalue weighted by molar-refractivity contribution is -0.148. The van der Waals surface area contributed by atoms with Gasteiger partial charge in [0.2, 0.25) is 5.88 Å². The van der Waals surface area contributed by atoms with Crippen molar-refractivity contribution in [2.24, 2.45) is 0 Å². The molecule has 1 aromatic rings. The van der Waals surface area contributed by atoms with Gasteiger partial charge in [-0.05, 0) is 6.07 Å². The molecule has 24 heavy (non-hydrogen) atoms. The Balaban J connectivity index is 2.52. The topological polar surface area (TPSA) is 91.8 Å². The molecule has 0 unspecified atom stereocenters. The van der Waals surface area contributed by atoms with Crippen molar-refractivity contribution in [1.82, 2.24) is 9.88 Å². The molecule has 0 radical (unpaired) electrons. The Kier molecular flexibility index (Phi) is 6.74. The van der Waals surface area contributed by atoms with Crippen LogP contribution >= 0.6 is 0 Å². The number of aromatic nitrogens is 1. The van der Waals surface area contributed by atoms with E-state index < -0.39 is 31.0 Å². The van der Waals surface area contributed by atoms with Gasteiger partial charge in [-0.15, -0.1) is 0 Å². The number of amides is 2. The molecule has 0 spiro atoms. The van der Waals surface area contributed by atoms with Crippen LogP contribution in [0.15, 0.2) is 18.3 Å². The van der Waals surface area contributed by atoms with Gasteiger partial charge < -0.3 is 20.1 Å². The van der Waals surface area contributed by atoms with E-state index in [0.29, 0.717) is 0 Å². The molecule has 11 heteroatoms. The van der Waals surface area contributed by atoms with Crippen LogP contribution in [-0.4, -0.2) is 59.5 Å². The number of carbonyl (C=O) groups excluding carboxylic acids is 1. The lowest BCUT2D eigenvalue weighted by Crippen LogP contribution is -2.34. The molecule has 0 saturated heterocycles. The Labute approximate surface area is 134 Å². The van der Waals surface area contributed by atoms with E-state index >= 15 is 0 Å². The fraction of sp³-hybridized carbons (Fsp3) is 0.462. The molecule has 0 aliphatic carbocycles. The SMILES string of the molecule is CN(CCC(=O)O)C(=O)Nc1ccc(OCC(F)(F)C(F)F)nc1. The minimum Gasteiger partial charge on any atom is -0.481 e. The van der Waals surface area contributed by atoms with Crippen molar-refractivity contribution < 1.29 is 37.0 Å². The second-order valence-electron chi connectivity index (χ2n) is 4.73. The Hall–Kier alpha value is -2.59. The van der Waals surface area contributed by atoms with E-state index in [-0.39, 0.29) is 24.5 Å². The second-order valence-corrected chi connectivity index (χ2v) is 4.73. The molecule has 0 atom stereocenters. The summed E-state index contributed by atoms with van der Waals surface area (Å²) in [6.07, 6.45) is -3.00. The maximum atomic E-state index is 12.7. The Morgan fingerprint density at radius 2 is 2.08 bits per heavy atom. The van der Waals surface area contributed by atoms with Crippen LogP contribution in [0.5, 0.6) is 5.88 Å². The minimum absolute atomic E-state index is 0.0154. The minimum atomic E-state index is -4.29. The highest BCUT2D eigenvalue weighted by Gasteiger charge is 2.41. The van der Waals surface area contributed by atoms with Gasteiger partial charge in [-0.3, -0.25) is 4.79 Å². The zero-order chi connectivity index (χ0) is 18.3. The van der Waals surface area contributed by atoms with Crippen LogP contribution < -0.4 is 10.1 Å². The summed E-state index contributed by atoms with van der Waals surface area (Å²) in [6.45, 7) is -1.54. The molecule has 0 bridgehead atoms. The molecule has 134 valence electrons. The third-order valence-electron chi connectivity index (χ3n) is 2.73. The quantitative estimate of drug-likeness (QED) is 0.700. The lowest BCUT2D eigenvalue weighted by atomic mass is 10.4. The number of nitrogens with zero attached hydrogens (tertiary/aromatic N) is 2. The van der Waals surface area contributed by atoms with Crippen LogP contribution in [0.3, 0.4) is 0 Å². The molecule has 0 aromatic carbocycles. The number of carbonyl (C=O) groups is 2. The van der Waals surface area contributed by atoms with E-state index in [1.165, 1.54) is 13.1 Å². The number of urea groups is 1. The first-order chi connectivity index (χ1) is 11.1. The van der Waals surface area contributed by atoms with Crippen LogP contribution in [0.4, 0.5) is 28.0 Å². The normalized spacial score (nSPS) is 11.2. The Morgan fingerprint density at radius 1 is 1.42 bits per heavy atom. The maximum absolute atomic E-state index is 12.7. The van der Waals surface area contributed by atoms with Gasteiger partial charge in [0.15, 0.2) is 6.61 Å². The largest absolute Gasteiger partial charge is 0.481 e. The second kappa shape index (κ2) is 8.31. The van der Waals surface area contributed by atoms with Crippen LogP contribution in [0, 0.1) is 0 Å². The molecule has 1 heterocycles. The average molecular weight is 353 g/mol.